The van der Waals surface area contributed by atoms with Gasteiger partial charge in [0.05, 0.1) is 17.7 Å². The van der Waals surface area contributed by atoms with Gasteiger partial charge in [-0.05, 0) is 41.9 Å². The molecule has 88 valence electrons. The van der Waals surface area contributed by atoms with Crippen LogP contribution in [0.1, 0.15) is 24.2 Å². The van der Waals surface area contributed by atoms with Gasteiger partial charge in [-0.1, -0.05) is 15.9 Å². The van der Waals surface area contributed by atoms with E-state index in [1.54, 1.807) is 6.07 Å². The van der Waals surface area contributed by atoms with Gasteiger partial charge < -0.3 is 9.47 Å². The lowest BCUT2D eigenvalue weighted by atomic mass is 10.2. The molecule has 0 bridgehead atoms. The van der Waals surface area contributed by atoms with Gasteiger partial charge >= 0.3 is 5.97 Å². The highest BCUT2D eigenvalue weighted by atomic mass is 79.9. The Bertz CT molecular complexity index is 402. The summed E-state index contributed by atoms with van der Waals surface area (Å²) < 4.78 is 11.8. The van der Waals surface area contributed by atoms with E-state index in [2.05, 4.69) is 31.9 Å². The summed E-state index contributed by atoms with van der Waals surface area (Å²) in [7, 11) is 1.34. The fraction of sp³-hybridized carbons (Fsp3) is 0.364. The molecule has 0 aliphatic rings. The van der Waals surface area contributed by atoms with E-state index in [0.717, 1.165) is 8.95 Å². The standard InChI is InChI=1S/C11H12Br2O3/c1-6(2)16-10-8(11(14)15-3)4-7(12)5-9(10)13/h4-6H,1-3H3. The van der Waals surface area contributed by atoms with Gasteiger partial charge in [-0.15, -0.1) is 0 Å². The summed E-state index contributed by atoms with van der Waals surface area (Å²) in [6.45, 7) is 3.80. The third kappa shape index (κ3) is 3.22. The Kier molecular flexibility index (Phi) is 4.80. The van der Waals surface area contributed by atoms with E-state index in [9.17, 15) is 4.79 Å². The van der Waals surface area contributed by atoms with Crippen LogP contribution in [0.4, 0.5) is 0 Å². The van der Waals surface area contributed by atoms with Crippen molar-refractivity contribution in [3.05, 3.63) is 26.6 Å². The molecule has 3 nitrogen and oxygen atoms in total. The summed E-state index contributed by atoms with van der Waals surface area (Å²) in [6.07, 6.45) is -0.0131. The number of carbonyl (C=O) groups excluding carboxylic acids is 1. The summed E-state index contributed by atoms with van der Waals surface area (Å²) in [5.74, 6) is 0.0858. The Morgan fingerprint density at radius 2 is 1.94 bits per heavy atom. The molecule has 0 saturated heterocycles. The molecule has 0 radical (unpaired) electrons. The van der Waals surface area contributed by atoms with Crippen molar-refractivity contribution < 1.29 is 14.3 Å². The lowest BCUT2D eigenvalue weighted by molar-refractivity contribution is 0.0594. The van der Waals surface area contributed by atoms with E-state index in [0.29, 0.717) is 11.3 Å². The topological polar surface area (TPSA) is 35.5 Å². The Morgan fingerprint density at radius 1 is 1.31 bits per heavy atom. The summed E-state index contributed by atoms with van der Waals surface area (Å²) >= 11 is 6.68. The van der Waals surface area contributed by atoms with Gasteiger partial charge in [0.15, 0.2) is 0 Å². The van der Waals surface area contributed by atoms with E-state index in [1.807, 2.05) is 19.9 Å². The van der Waals surface area contributed by atoms with Crippen molar-refractivity contribution >= 4 is 37.8 Å². The smallest absolute Gasteiger partial charge is 0.341 e. The maximum atomic E-state index is 11.6. The minimum absolute atomic E-state index is 0.0131. The molecule has 1 rings (SSSR count). The third-order valence-corrected chi connectivity index (χ3v) is 2.81. The largest absolute Gasteiger partial charge is 0.489 e. The molecule has 16 heavy (non-hydrogen) atoms. The lowest BCUT2D eigenvalue weighted by Crippen LogP contribution is -2.11. The molecule has 0 aliphatic carbocycles. The second kappa shape index (κ2) is 5.68. The number of esters is 1. The quantitative estimate of drug-likeness (QED) is 0.777. The molecular weight excluding hydrogens is 340 g/mol. The number of benzene rings is 1. The average Bonchev–Trinajstić information content (AvgIpc) is 2.20. The number of ether oxygens (including phenoxy) is 2. The molecule has 0 amide bonds. The fourth-order valence-corrected chi connectivity index (χ4v) is 2.50. The van der Waals surface area contributed by atoms with Crippen molar-refractivity contribution in [3.63, 3.8) is 0 Å². The highest BCUT2D eigenvalue weighted by Crippen LogP contribution is 2.34. The van der Waals surface area contributed by atoms with Crippen molar-refractivity contribution in [3.8, 4) is 5.75 Å². The van der Waals surface area contributed by atoms with Gasteiger partial charge in [0.25, 0.3) is 0 Å². The molecule has 0 N–H and O–H groups in total. The Morgan fingerprint density at radius 3 is 2.44 bits per heavy atom. The molecule has 0 spiro atoms. The first-order chi connectivity index (χ1) is 7.45. The van der Waals surface area contributed by atoms with Gasteiger partial charge in [-0.25, -0.2) is 4.79 Å². The van der Waals surface area contributed by atoms with Gasteiger partial charge in [-0.2, -0.15) is 0 Å². The van der Waals surface area contributed by atoms with Gasteiger partial charge in [0, 0.05) is 4.47 Å². The monoisotopic (exact) mass is 350 g/mol. The Balaban J connectivity index is 3.26. The van der Waals surface area contributed by atoms with E-state index in [4.69, 9.17) is 9.47 Å². The molecule has 0 fully saturated rings. The molecule has 0 saturated carbocycles. The van der Waals surface area contributed by atoms with Crippen LogP contribution < -0.4 is 4.74 Å². The van der Waals surface area contributed by atoms with Crippen LogP contribution >= 0.6 is 31.9 Å². The van der Waals surface area contributed by atoms with Gasteiger partial charge in [0.2, 0.25) is 0 Å². The first kappa shape index (κ1) is 13.5. The molecule has 1 aromatic carbocycles. The van der Waals surface area contributed by atoms with Crippen LogP contribution in [0.15, 0.2) is 21.1 Å². The average molecular weight is 352 g/mol. The number of methoxy groups -OCH3 is 1. The van der Waals surface area contributed by atoms with Crippen LogP contribution in [0.3, 0.4) is 0 Å². The fourth-order valence-electron chi connectivity index (χ4n) is 1.18. The molecule has 0 heterocycles. The number of carbonyl (C=O) groups is 1. The van der Waals surface area contributed by atoms with Crippen molar-refractivity contribution in [1.29, 1.82) is 0 Å². The highest BCUT2D eigenvalue weighted by molar-refractivity contribution is 9.11. The van der Waals surface area contributed by atoms with E-state index < -0.39 is 5.97 Å². The summed E-state index contributed by atoms with van der Waals surface area (Å²) in [6, 6.07) is 3.50. The first-order valence-electron chi connectivity index (χ1n) is 4.69. The summed E-state index contributed by atoms with van der Waals surface area (Å²) in [5, 5.41) is 0. The van der Waals surface area contributed by atoms with E-state index in [-0.39, 0.29) is 6.10 Å². The zero-order valence-electron chi connectivity index (χ0n) is 9.21. The molecular formula is C11H12Br2O3. The number of hydrogen-bond donors (Lipinski definition) is 0. The van der Waals surface area contributed by atoms with Gasteiger partial charge in [0.1, 0.15) is 11.3 Å². The molecule has 0 atom stereocenters. The molecule has 0 aliphatic heterocycles. The zero-order valence-corrected chi connectivity index (χ0v) is 12.4. The summed E-state index contributed by atoms with van der Waals surface area (Å²) in [4.78, 5) is 11.6. The molecule has 1 aromatic rings. The summed E-state index contributed by atoms with van der Waals surface area (Å²) in [5.41, 5.74) is 0.400. The lowest BCUT2D eigenvalue weighted by Gasteiger charge is -2.15. The molecule has 5 heteroatoms. The second-order valence-electron chi connectivity index (χ2n) is 3.42. The third-order valence-electron chi connectivity index (χ3n) is 1.77. The van der Waals surface area contributed by atoms with E-state index >= 15 is 0 Å². The predicted octanol–water partition coefficient (Wildman–Crippen LogP) is 3.79. The van der Waals surface area contributed by atoms with Crippen LogP contribution in [0.25, 0.3) is 0 Å². The highest BCUT2D eigenvalue weighted by Gasteiger charge is 2.18. The minimum atomic E-state index is -0.419. The number of hydrogen-bond acceptors (Lipinski definition) is 3. The van der Waals surface area contributed by atoms with Crippen molar-refractivity contribution in [2.24, 2.45) is 0 Å². The van der Waals surface area contributed by atoms with Crippen molar-refractivity contribution in [1.82, 2.24) is 0 Å². The van der Waals surface area contributed by atoms with Crippen LogP contribution in [-0.4, -0.2) is 19.2 Å². The van der Waals surface area contributed by atoms with Gasteiger partial charge in [-0.3, -0.25) is 0 Å². The van der Waals surface area contributed by atoms with Crippen LogP contribution in [-0.2, 0) is 4.74 Å². The van der Waals surface area contributed by atoms with Crippen molar-refractivity contribution in [2.75, 3.05) is 7.11 Å². The normalized spacial score (nSPS) is 10.4. The van der Waals surface area contributed by atoms with Crippen LogP contribution in [0.2, 0.25) is 0 Å². The minimum Gasteiger partial charge on any atom is -0.489 e. The maximum absolute atomic E-state index is 11.6. The number of rotatable bonds is 3. The van der Waals surface area contributed by atoms with Crippen molar-refractivity contribution in [2.45, 2.75) is 20.0 Å². The first-order valence-corrected chi connectivity index (χ1v) is 6.28. The molecule has 0 aromatic heterocycles. The maximum Gasteiger partial charge on any atom is 0.341 e. The number of halogens is 2. The molecule has 0 unspecified atom stereocenters. The Hall–Kier alpha value is -0.550. The second-order valence-corrected chi connectivity index (χ2v) is 5.19. The predicted molar refractivity (Wildman–Crippen MR) is 68.9 cm³/mol. The van der Waals surface area contributed by atoms with Crippen LogP contribution in [0.5, 0.6) is 5.75 Å². The zero-order chi connectivity index (χ0) is 12.3. The Labute approximate surface area is 111 Å². The van der Waals surface area contributed by atoms with Crippen LogP contribution in [0, 0.1) is 0 Å². The SMILES string of the molecule is COC(=O)c1cc(Br)cc(Br)c1OC(C)C. The van der Waals surface area contributed by atoms with E-state index in [1.165, 1.54) is 7.11 Å².